The Morgan fingerprint density at radius 2 is 1.92 bits per heavy atom. The van der Waals surface area contributed by atoms with Crippen molar-refractivity contribution < 1.29 is 17.9 Å². The summed E-state index contributed by atoms with van der Waals surface area (Å²) in [5, 5.41) is 0. The minimum absolute atomic E-state index is 0.106. The smallest absolute Gasteiger partial charge is 0.246 e. The fourth-order valence-corrected chi connectivity index (χ4v) is 4.52. The molecule has 0 aromatic heterocycles. The first-order chi connectivity index (χ1) is 11.5. The van der Waals surface area contributed by atoms with Gasteiger partial charge in [0.25, 0.3) is 0 Å². The van der Waals surface area contributed by atoms with Crippen LogP contribution in [0.15, 0.2) is 35.2 Å². The number of ether oxygens (including phenoxy) is 2. The molecule has 0 saturated carbocycles. The molecule has 0 unspecified atom stereocenters. The van der Waals surface area contributed by atoms with Crippen LogP contribution in [0.25, 0.3) is 0 Å². The average molecular weight is 353 g/mol. The van der Waals surface area contributed by atoms with Crippen molar-refractivity contribution in [3.05, 3.63) is 30.4 Å². The number of hydrogen-bond donors (Lipinski definition) is 0. The number of methoxy groups -OCH3 is 1. The Balaban J connectivity index is 2.46. The molecule has 134 valence electrons. The van der Waals surface area contributed by atoms with Crippen LogP contribution in [0, 0.1) is 0 Å². The lowest BCUT2D eigenvalue weighted by atomic mass is 10.2. The maximum Gasteiger partial charge on any atom is 0.246 e. The second-order valence-electron chi connectivity index (χ2n) is 6.13. The molecule has 0 amide bonds. The number of allylic oxidation sites excluding steroid dienone is 1. The Labute approximate surface area is 145 Å². The largest absolute Gasteiger partial charge is 0.497 e. The van der Waals surface area contributed by atoms with Gasteiger partial charge >= 0.3 is 0 Å². The molecule has 0 bridgehead atoms. The predicted molar refractivity (Wildman–Crippen MR) is 95.1 cm³/mol. The second-order valence-corrected chi connectivity index (χ2v) is 7.99. The lowest BCUT2D eigenvalue weighted by molar-refractivity contribution is 0.308. The van der Waals surface area contributed by atoms with E-state index < -0.39 is 10.0 Å². The van der Waals surface area contributed by atoms with E-state index in [1.54, 1.807) is 29.6 Å². The van der Waals surface area contributed by atoms with Crippen molar-refractivity contribution in [1.82, 2.24) is 4.31 Å². The quantitative estimate of drug-likeness (QED) is 0.762. The van der Waals surface area contributed by atoms with Crippen LogP contribution in [-0.2, 0) is 10.0 Å². The number of sulfonamides is 1. The third-order valence-corrected chi connectivity index (χ3v) is 6.14. The minimum atomic E-state index is -3.61. The first-order valence-electron chi connectivity index (χ1n) is 8.44. The van der Waals surface area contributed by atoms with E-state index in [9.17, 15) is 8.42 Å². The number of nitrogens with zero attached hydrogens (tertiary/aromatic N) is 1. The molecule has 1 aromatic carbocycles. The second kappa shape index (κ2) is 8.53. The lowest BCUT2D eigenvalue weighted by Gasteiger charge is -2.27. The molecule has 0 N–H and O–H groups in total. The highest BCUT2D eigenvalue weighted by atomic mass is 32.2. The summed E-state index contributed by atoms with van der Waals surface area (Å²) in [5.41, 5.74) is 0. The highest BCUT2D eigenvalue weighted by Crippen LogP contribution is 2.32. The average Bonchev–Trinajstić information content (AvgIpc) is 2.56. The fourth-order valence-electron chi connectivity index (χ4n) is 2.73. The maximum absolute atomic E-state index is 13.2. The topological polar surface area (TPSA) is 55.8 Å². The van der Waals surface area contributed by atoms with Gasteiger partial charge in [0.05, 0.1) is 13.7 Å². The van der Waals surface area contributed by atoms with E-state index in [4.69, 9.17) is 9.47 Å². The fraction of sp³-hybridized carbons (Fsp3) is 0.556. The van der Waals surface area contributed by atoms with E-state index in [0.717, 1.165) is 25.7 Å². The third-order valence-electron chi connectivity index (χ3n) is 4.02. The van der Waals surface area contributed by atoms with Gasteiger partial charge in [-0.05, 0) is 51.7 Å². The monoisotopic (exact) mass is 353 g/mol. The summed E-state index contributed by atoms with van der Waals surface area (Å²) in [6, 6.07) is 4.78. The molecule has 1 heterocycles. The van der Waals surface area contributed by atoms with Crippen LogP contribution in [-0.4, -0.2) is 39.0 Å². The molecule has 1 aromatic rings. The van der Waals surface area contributed by atoms with Crippen molar-refractivity contribution in [1.29, 1.82) is 0 Å². The number of rotatable bonds is 2. The number of benzene rings is 1. The van der Waals surface area contributed by atoms with Gasteiger partial charge in [0.15, 0.2) is 0 Å². The van der Waals surface area contributed by atoms with Crippen molar-refractivity contribution in [2.45, 2.75) is 50.5 Å². The Morgan fingerprint density at radius 1 is 1.17 bits per heavy atom. The van der Waals surface area contributed by atoms with E-state index in [0.29, 0.717) is 24.7 Å². The van der Waals surface area contributed by atoms with Crippen molar-refractivity contribution in [3.63, 3.8) is 0 Å². The summed E-state index contributed by atoms with van der Waals surface area (Å²) in [5.74, 6) is 0.938. The number of hydrogen-bond acceptors (Lipinski definition) is 4. The van der Waals surface area contributed by atoms with Gasteiger partial charge in [0, 0.05) is 18.7 Å². The van der Waals surface area contributed by atoms with Crippen LogP contribution in [0.1, 0.15) is 39.5 Å². The van der Waals surface area contributed by atoms with Crippen LogP contribution in [0.4, 0.5) is 0 Å². The summed E-state index contributed by atoms with van der Waals surface area (Å²) < 4.78 is 38.9. The Bertz CT molecular complexity index is 668. The van der Waals surface area contributed by atoms with Crippen LogP contribution in [0.2, 0.25) is 0 Å². The highest BCUT2D eigenvalue weighted by molar-refractivity contribution is 7.89. The molecule has 24 heavy (non-hydrogen) atoms. The predicted octanol–water partition coefficient (Wildman–Crippen LogP) is 3.60. The summed E-state index contributed by atoms with van der Waals surface area (Å²) in [7, 11) is -2.06. The van der Waals surface area contributed by atoms with Gasteiger partial charge in [0.2, 0.25) is 10.0 Å². The van der Waals surface area contributed by atoms with Gasteiger partial charge in [-0.25, -0.2) is 8.42 Å². The Morgan fingerprint density at radius 3 is 2.62 bits per heavy atom. The molecular formula is C18H27NO4S. The van der Waals surface area contributed by atoms with Crippen molar-refractivity contribution in [2.24, 2.45) is 0 Å². The van der Waals surface area contributed by atoms with Crippen molar-refractivity contribution in [2.75, 3.05) is 20.3 Å². The molecule has 2 rings (SSSR count). The molecule has 0 radical (unpaired) electrons. The van der Waals surface area contributed by atoms with Gasteiger partial charge < -0.3 is 9.47 Å². The van der Waals surface area contributed by atoms with E-state index >= 15 is 0 Å². The van der Waals surface area contributed by atoms with Crippen LogP contribution >= 0.6 is 0 Å². The molecule has 1 aliphatic heterocycles. The summed E-state index contributed by atoms with van der Waals surface area (Å²) >= 11 is 0. The molecule has 1 aliphatic rings. The molecule has 0 fully saturated rings. The van der Waals surface area contributed by atoms with Gasteiger partial charge in [-0.2, -0.15) is 4.31 Å². The van der Waals surface area contributed by atoms with Crippen LogP contribution in [0.5, 0.6) is 11.5 Å². The van der Waals surface area contributed by atoms with Crippen molar-refractivity contribution in [3.8, 4) is 11.5 Å². The first kappa shape index (κ1) is 18.8. The van der Waals surface area contributed by atoms with Gasteiger partial charge in [0.1, 0.15) is 16.4 Å². The zero-order valence-electron chi connectivity index (χ0n) is 14.7. The normalized spacial score (nSPS) is 20.8. The van der Waals surface area contributed by atoms with Gasteiger partial charge in [-0.3, -0.25) is 0 Å². The molecule has 0 saturated heterocycles. The van der Waals surface area contributed by atoms with E-state index in [1.165, 1.54) is 0 Å². The van der Waals surface area contributed by atoms with Crippen LogP contribution in [0.3, 0.4) is 0 Å². The van der Waals surface area contributed by atoms with Gasteiger partial charge in [-0.15, -0.1) is 0 Å². The van der Waals surface area contributed by atoms with Crippen LogP contribution < -0.4 is 9.47 Å². The Kier molecular flexibility index (Phi) is 6.69. The molecule has 0 spiro atoms. The molecule has 5 nitrogen and oxygen atoms in total. The summed E-state index contributed by atoms with van der Waals surface area (Å²) in [6.45, 7) is 4.76. The SMILES string of the molecule is COc1ccc2c(c1)OCC/C=C/CCCCN(C(C)C)S2(=O)=O. The van der Waals surface area contributed by atoms with E-state index in [1.807, 2.05) is 13.8 Å². The highest BCUT2D eigenvalue weighted by Gasteiger charge is 2.30. The molecule has 0 aliphatic carbocycles. The van der Waals surface area contributed by atoms with Gasteiger partial charge in [-0.1, -0.05) is 12.2 Å². The first-order valence-corrected chi connectivity index (χ1v) is 9.88. The molecule has 6 heteroatoms. The zero-order chi connectivity index (χ0) is 17.6. The minimum Gasteiger partial charge on any atom is -0.497 e. The van der Waals surface area contributed by atoms with E-state index in [-0.39, 0.29) is 10.9 Å². The standard InChI is InChI=1S/C18H27NO4S/c1-15(2)19-12-8-6-4-5-7-9-13-23-17-14-16(22-3)10-11-18(17)24(19,20)21/h5,7,10-11,14-15H,4,6,8-9,12-13H2,1-3H3/b7-5+. The maximum atomic E-state index is 13.2. The zero-order valence-corrected chi connectivity index (χ0v) is 15.5. The van der Waals surface area contributed by atoms with Crippen molar-refractivity contribution >= 4 is 10.0 Å². The molecular weight excluding hydrogens is 326 g/mol. The Hall–Kier alpha value is -1.53. The summed E-state index contributed by atoms with van der Waals surface area (Å²) in [4.78, 5) is 0.209. The third kappa shape index (κ3) is 4.51. The summed E-state index contributed by atoms with van der Waals surface area (Å²) in [6.07, 6.45) is 7.77. The molecule has 0 atom stereocenters. The lowest BCUT2D eigenvalue weighted by Crippen LogP contribution is -2.37. The van der Waals surface area contributed by atoms with E-state index in [2.05, 4.69) is 12.2 Å². The number of fused-ring (bicyclic) bond motifs is 1.